The summed E-state index contributed by atoms with van der Waals surface area (Å²) in [6.45, 7) is 5.01. The Kier molecular flexibility index (Phi) is 3.52. The topological polar surface area (TPSA) is 83.6 Å². The Labute approximate surface area is 101 Å². The van der Waals surface area contributed by atoms with Crippen molar-refractivity contribution in [3.05, 3.63) is 0 Å². The van der Waals surface area contributed by atoms with Crippen LogP contribution in [0.4, 0.5) is 0 Å². The molecule has 1 atom stereocenters. The smallest absolute Gasteiger partial charge is 0.244 e. The van der Waals surface area contributed by atoms with Gasteiger partial charge in [0, 0.05) is 19.3 Å². The molecule has 0 aromatic heterocycles. The van der Waals surface area contributed by atoms with E-state index in [-0.39, 0.29) is 5.91 Å². The van der Waals surface area contributed by atoms with E-state index in [1.807, 2.05) is 0 Å². The first-order chi connectivity index (χ1) is 7.59. The van der Waals surface area contributed by atoms with E-state index in [2.05, 4.69) is 5.32 Å². The quantitative estimate of drug-likeness (QED) is 0.703. The average molecular weight is 262 g/mol. The molecule has 17 heavy (non-hydrogen) atoms. The number of carbonyl (C=O) groups is 2. The van der Waals surface area contributed by atoms with Crippen LogP contribution in [-0.2, 0) is 19.4 Å². The summed E-state index contributed by atoms with van der Waals surface area (Å²) in [6.07, 6.45) is 1.03. The Hall–Kier alpha value is -1.11. The molecule has 0 aliphatic carbocycles. The molecule has 1 unspecified atom stereocenters. The molecule has 0 aromatic carbocycles. The van der Waals surface area contributed by atoms with Crippen molar-refractivity contribution < 1.29 is 18.0 Å². The summed E-state index contributed by atoms with van der Waals surface area (Å²) in [5.74, 6) is -0.781. The highest BCUT2D eigenvalue weighted by atomic mass is 32.2. The highest BCUT2D eigenvalue weighted by Crippen LogP contribution is 2.20. The van der Waals surface area contributed by atoms with Crippen molar-refractivity contribution in [2.75, 3.05) is 19.3 Å². The highest BCUT2D eigenvalue weighted by molar-refractivity contribution is 7.92. The molecule has 0 saturated carbocycles. The van der Waals surface area contributed by atoms with Crippen LogP contribution in [0, 0.1) is 0 Å². The van der Waals surface area contributed by atoms with Crippen molar-refractivity contribution in [2.45, 2.75) is 31.6 Å². The standard InChI is InChI=1S/C10H18N2O4S/c1-7-8(13)11-5-6-12(7)9(14)10(2,3)17(4,15)16/h7H,5-6H2,1-4H3,(H,11,13). The molecule has 1 aliphatic heterocycles. The lowest BCUT2D eigenvalue weighted by atomic mass is 10.1. The fourth-order valence-corrected chi connectivity index (χ4v) is 2.00. The van der Waals surface area contributed by atoms with Gasteiger partial charge in [-0.15, -0.1) is 0 Å². The third-order valence-corrected chi connectivity index (χ3v) is 5.23. The van der Waals surface area contributed by atoms with Gasteiger partial charge in [0.15, 0.2) is 9.84 Å². The van der Waals surface area contributed by atoms with Crippen LogP contribution in [0.3, 0.4) is 0 Å². The third-order valence-electron chi connectivity index (χ3n) is 3.20. The van der Waals surface area contributed by atoms with Gasteiger partial charge in [-0.3, -0.25) is 9.59 Å². The maximum atomic E-state index is 12.2. The maximum Gasteiger partial charge on any atom is 0.244 e. The summed E-state index contributed by atoms with van der Waals surface area (Å²) in [7, 11) is -3.51. The average Bonchev–Trinajstić information content (AvgIpc) is 2.19. The fourth-order valence-electron chi connectivity index (χ4n) is 1.56. The summed E-state index contributed by atoms with van der Waals surface area (Å²) in [6, 6.07) is -0.628. The van der Waals surface area contributed by atoms with Gasteiger partial charge in [-0.2, -0.15) is 0 Å². The van der Waals surface area contributed by atoms with Crippen LogP contribution in [-0.4, -0.2) is 55.3 Å². The number of rotatable bonds is 2. The van der Waals surface area contributed by atoms with Crippen molar-refractivity contribution in [1.29, 1.82) is 0 Å². The molecule has 6 nitrogen and oxygen atoms in total. The van der Waals surface area contributed by atoms with Gasteiger partial charge < -0.3 is 10.2 Å². The molecule has 1 rings (SSSR count). The summed E-state index contributed by atoms with van der Waals surface area (Å²) < 4.78 is 21.7. The first-order valence-corrected chi connectivity index (χ1v) is 7.26. The normalized spacial score (nSPS) is 22.2. The van der Waals surface area contributed by atoms with Crippen LogP contribution in [0.1, 0.15) is 20.8 Å². The highest BCUT2D eigenvalue weighted by Gasteiger charge is 2.44. The van der Waals surface area contributed by atoms with Gasteiger partial charge in [0.25, 0.3) is 0 Å². The summed E-state index contributed by atoms with van der Waals surface area (Å²) in [5.41, 5.74) is 0. The zero-order valence-electron chi connectivity index (χ0n) is 10.5. The van der Waals surface area contributed by atoms with Crippen LogP contribution in [0.25, 0.3) is 0 Å². The molecule has 7 heteroatoms. The maximum absolute atomic E-state index is 12.2. The van der Waals surface area contributed by atoms with E-state index in [4.69, 9.17) is 0 Å². The van der Waals surface area contributed by atoms with Crippen LogP contribution >= 0.6 is 0 Å². The lowest BCUT2D eigenvalue weighted by molar-refractivity contribution is -0.143. The van der Waals surface area contributed by atoms with E-state index in [0.29, 0.717) is 13.1 Å². The Morgan fingerprint density at radius 1 is 1.47 bits per heavy atom. The van der Waals surface area contributed by atoms with Gasteiger partial charge in [-0.25, -0.2) is 8.42 Å². The van der Waals surface area contributed by atoms with E-state index >= 15 is 0 Å². The lowest BCUT2D eigenvalue weighted by Gasteiger charge is -2.37. The molecule has 1 heterocycles. The zero-order chi connectivity index (χ0) is 13.4. The first kappa shape index (κ1) is 14.0. The van der Waals surface area contributed by atoms with Crippen molar-refractivity contribution in [2.24, 2.45) is 0 Å². The second-order valence-corrected chi connectivity index (χ2v) is 7.31. The number of carbonyl (C=O) groups excluding carboxylic acids is 2. The van der Waals surface area contributed by atoms with Crippen molar-refractivity contribution in [3.63, 3.8) is 0 Å². The Morgan fingerprint density at radius 3 is 2.47 bits per heavy atom. The predicted molar refractivity (Wildman–Crippen MR) is 63.1 cm³/mol. The van der Waals surface area contributed by atoms with Crippen molar-refractivity contribution >= 4 is 21.7 Å². The molecule has 0 spiro atoms. The number of sulfone groups is 1. The Balaban J connectivity index is 3.01. The van der Waals surface area contributed by atoms with Gasteiger partial charge >= 0.3 is 0 Å². The predicted octanol–water partition coefficient (Wildman–Crippen LogP) is -0.843. The molecule has 1 N–H and O–H groups in total. The molecule has 0 aromatic rings. The molecule has 0 bridgehead atoms. The van der Waals surface area contributed by atoms with Crippen LogP contribution < -0.4 is 5.32 Å². The molecule has 98 valence electrons. The lowest BCUT2D eigenvalue weighted by Crippen LogP contribution is -2.61. The molecular formula is C10H18N2O4S. The van der Waals surface area contributed by atoms with Crippen LogP contribution in [0.5, 0.6) is 0 Å². The largest absolute Gasteiger partial charge is 0.353 e. The molecule has 0 radical (unpaired) electrons. The number of nitrogens with zero attached hydrogens (tertiary/aromatic N) is 1. The van der Waals surface area contributed by atoms with Gasteiger partial charge in [-0.05, 0) is 20.8 Å². The number of hydrogen-bond donors (Lipinski definition) is 1. The second kappa shape index (κ2) is 4.29. The first-order valence-electron chi connectivity index (χ1n) is 5.37. The van der Waals surface area contributed by atoms with Gasteiger partial charge in [0.2, 0.25) is 11.8 Å². The zero-order valence-corrected chi connectivity index (χ0v) is 11.3. The summed E-state index contributed by atoms with van der Waals surface area (Å²) in [4.78, 5) is 24.9. The minimum atomic E-state index is -3.51. The molecule has 1 fully saturated rings. The van der Waals surface area contributed by atoms with E-state index in [9.17, 15) is 18.0 Å². The van der Waals surface area contributed by atoms with E-state index in [1.165, 1.54) is 18.7 Å². The third kappa shape index (κ3) is 2.43. The summed E-state index contributed by atoms with van der Waals surface area (Å²) in [5, 5.41) is 2.62. The van der Waals surface area contributed by atoms with E-state index < -0.39 is 26.5 Å². The van der Waals surface area contributed by atoms with E-state index in [1.54, 1.807) is 6.92 Å². The van der Waals surface area contributed by atoms with Crippen molar-refractivity contribution in [1.82, 2.24) is 10.2 Å². The number of amides is 2. The minimum absolute atomic E-state index is 0.256. The minimum Gasteiger partial charge on any atom is -0.353 e. The SMILES string of the molecule is CC1C(=O)NCCN1C(=O)C(C)(C)S(C)(=O)=O. The van der Waals surface area contributed by atoms with Gasteiger partial charge in [0.05, 0.1) is 0 Å². The number of nitrogens with one attached hydrogen (secondary N) is 1. The number of piperazine rings is 1. The van der Waals surface area contributed by atoms with E-state index in [0.717, 1.165) is 6.26 Å². The van der Waals surface area contributed by atoms with Crippen LogP contribution in [0.15, 0.2) is 0 Å². The van der Waals surface area contributed by atoms with Crippen molar-refractivity contribution in [3.8, 4) is 0 Å². The number of hydrogen-bond acceptors (Lipinski definition) is 4. The summed E-state index contributed by atoms with van der Waals surface area (Å²) >= 11 is 0. The van der Waals surface area contributed by atoms with Crippen LogP contribution in [0.2, 0.25) is 0 Å². The Bertz CT molecular complexity index is 441. The molecule has 2 amide bonds. The Morgan fingerprint density at radius 2 is 2.00 bits per heavy atom. The van der Waals surface area contributed by atoms with Gasteiger partial charge in [-0.1, -0.05) is 0 Å². The molecule has 1 aliphatic rings. The monoisotopic (exact) mass is 262 g/mol. The fraction of sp³-hybridized carbons (Fsp3) is 0.800. The molecular weight excluding hydrogens is 244 g/mol. The molecule has 1 saturated heterocycles. The van der Waals surface area contributed by atoms with Gasteiger partial charge in [0.1, 0.15) is 10.8 Å². The second-order valence-electron chi connectivity index (χ2n) is 4.75.